The first-order valence-corrected chi connectivity index (χ1v) is 7.59. The third-order valence-electron chi connectivity index (χ3n) is 2.96. The maximum absolute atomic E-state index is 11.8. The maximum Gasteiger partial charge on any atom is 0.408 e. The van der Waals surface area contributed by atoms with Crippen molar-refractivity contribution in [1.29, 1.82) is 0 Å². The molecule has 2 unspecified atom stereocenters. The average Bonchev–Trinajstić information content (AvgIpc) is 2.38. The van der Waals surface area contributed by atoms with Crippen molar-refractivity contribution in [3.8, 4) is 0 Å². The van der Waals surface area contributed by atoms with Gasteiger partial charge in [0.05, 0.1) is 18.8 Å². The van der Waals surface area contributed by atoms with Crippen molar-refractivity contribution in [2.75, 3.05) is 13.2 Å². The van der Waals surface area contributed by atoms with E-state index in [9.17, 15) is 9.90 Å². The highest BCUT2D eigenvalue weighted by Crippen LogP contribution is 2.12. The van der Waals surface area contributed by atoms with E-state index in [4.69, 9.17) is 9.47 Å². The van der Waals surface area contributed by atoms with Gasteiger partial charge in [0.2, 0.25) is 0 Å². The second kappa shape index (κ2) is 9.79. The third-order valence-corrected chi connectivity index (χ3v) is 2.96. The van der Waals surface area contributed by atoms with Crippen LogP contribution in [0.4, 0.5) is 4.79 Å². The van der Waals surface area contributed by atoms with Crippen LogP contribution in [-0.2, 0) is 9.47 Å². The lowest BCUT2D eigenvalue weighted by atomic mass is 9.98. The summed E-state index contributed by atoms with van der Waals surface area (Å²) in [5.41, 5.74) is -0.577. The number of aliphatic hydroxyl groups excluding tert-OH is 1. The molecule has 2 N–H and O–H groups in total. The summed E-state index contributed by atoms with van der Waals surface area (Å²) < 4.78 is 10.7. The molecule has 0 aromatic heterocycles. The molecule has 0 aliphatic heterocycles. The Kier molecular flexibility index (Phi) is 9.29. The zero-order valence-electron chi connectivity index (χ0n) is 14.0. The van der Waals surface area contributed by atoms with E-state index in [-0.39, 0.29) is 12.5 Å². The van der Waals surface area contributed by atoms with Gasteiger partial charge in [0.15, 0.2) is 0 Å². The van der Waals surface area contributed by atoms with Gasteiger partial charge in [-0.25, -0.2) is 4.79 Å². The van der Waals surface area contributed by atoms with Gasteiger partial charge in [0.25, 0.3) is 0 Å². The molecule has 0 heterocycles. The standard InChI is InChI=1S/C16H31NO4/c1-7-9-10-20-11-13(14(18)12(3)8-2)17-15(19)21-16(4,5)6/h8,12-14,18H,2,7,9-11H2,1,3-6H3,(H,17,19)/t12?,13-,14?/m1/s1. The Labute approximate surface area is 128 Å². The summed E-state index contributed by atoms with van der Waals surface area (Å²) in [7, 11) is 0. The van der Waals surface area contributed by atoms with Crippen LogP contribution in [-0.4, -0.2) is 42.2 Å². The fourth-order valence-corrected chi connectivity index (χ4v) is 1.65. The van der Waals surface area contributed by atoms with Crippen LogP contribution in [0.2, 0.25) is 0 Å². The molecule has 5 heteroatoms. The Morgan fingerprint density at radius 3 is 2.52 bits per heavy atom. The van der Waals surface area contributed by atoms with Gasteiger partial charge in [-0.1, -0.05) is 26.3 Å². The van der Waals surface area contributed by atoms with E-state index in [1.54, 1.807) is 26.8 Å². The van der Waals surface area contributed by atoms with Crippen molar-refractivity contribution >= 4 is 6.09 Å². The van der Waals surface area contributed by atoms with E-state index < -0.39 is 23.8 Å². The molecule has 0 spiro atoms. The molecule has 3 atom stereocenters. The number of unbranched alkanes of at least 4 members (excludes halogenated alkanes) is 1. The summed E-state index contributed by atoms with van der Waals surface area (Å²) in [6.07, 6.45) is 2.32. The van der Waals surface area contributed by atoms with Crippen LogP contribution in [0, 0.1) is 5.92 Å². The molecular weight excluding hydrogens is 270 g/mol. The molecule has 0 aromatic rings. The second-order valence-electron chi connectivity index (χ2n) is 6.27. The fourth-order valence-electron chi connectivity index (χ4n) is 1.65. The lowest BCUT2D eigenvalue weighted by Gasteiger charge is -2.28. The molecule has 0 bridgehead atoms. The second-order valence-corrected chi connectivity index (χ2v) is 6.27. The first kappa shape index (κ1) is 19.9. The molecule has 0 rings (SSSR count). The summed E-state index contributed by atoms with van der Waals surface area (Å²) >= 11 is 0. The molecule has 0 saturated carbocycles. The molecule has 0 aromatic carbocycles. The minimum absolute atomic E-state index is 0.153. The smallest absolute Gasteiger partial charge is 0.408 e. The van der Waals surface area contributed by atoms with Crippen molar-refractivity contribution in [3.05, 3.63) is 12.7 Å². The summed E-state index contributed by atoms with van der Waals surface area (Å²) in [5.74, 6) is -0.153. The number of nitrogens with one attached hydrogen (secondary N) is 1. The van der Waals surface area contributed by atoms with Crippen LogP contribution in [0.1, 0.15) is 47.5 Å². The maximum atomic E-state index is 11.8. The topological polar surface area (TPSA) is 67.8 Å². The molecule has 21 heavy (non-hydrogen) atoms. The highest BCUT2D eigenvalue weighted by Gasteiger charge is 2.27. The number of aliphatic hydroxyl groups is 1. The van der Waals surface area contributed by atoms with Gasteiger partial charge >= 0.3 is 6.09 Å². The van der Waals surface area contributed by atoms with E-state index in [1.807, 2.05) is 6.92 Å². The molecule has 5 nitrogen and oxygen atoms in total. The van der Waals surface area contributed by atoms with Crippen LogP contribution in [0.25, 0.3) is 0 Å². The molecule has 0 saturated heterocycles. The van der Waals surface area contributed by atoms with Crippen molar-refractivity contribution < 1.29 is 19.4 Å². The number of carbonyl (C=O) groups is 1. The number of carbonyl (C=O) groups excluding carboxylic acids is 1. The van der Waals surface area contributed by atoms with Crippen molar-refractivity contribution in [3.63, 3.8) is 0 Å². The summed E-state index contributed by atoms with van der Waals surface area (Å²) in [4.78, 5) is 11.8. The number of alkyl carbamates (subject to hydrolysis) is 1. The highest BCUT2D eigenvalue weighted by molar-refractivity contribution is 5.68. The molecular formula is C16H31NO4. The zero-order valence-corrected chi connectivity index (χ0v) is 14.0. The number of rotatable bonds is 9. The van der Waals surface area contributed by atoms with Crippen molar-refractivity contribution in [2.45, 2.75) is 65.2 Å². The van der Waals surface area contributed by atoms with Gasteiger partial charge in [-0.15, -0.1) is 6.58 Å². The van der Waals surface area contributed by atoms with E-state index >= 15 is 0 Å². The van der Waals surface area contributed by atoms with Crippen molar-refractivity contribution in [2.24, 2.45) is 5.92 Å². The van der Waals surface area contributed by atoms with Crippen LogP contribution in [0.3, 0.4) is 0 Å². The largest absolute Gasteiger partial charge is 0.444 e. The van der Waals surface area contributed by atoms with E-state index in [0.29, 0.717) is 6.61 Å². The van der Waals surface area contributed by atoms with Crippen LogP contribution in [0.5, 0.6) is 0 Å². The first-order valence-electron chi connectivity index (χ1n) is 7.59. The number of ether oxygens (including phenoxy) is 2. The van der Waals surface area contributed by atoms with E-state index in [0.717, 1.165) is 12.8 Å². The number of amides is 1. The highest BCUT2D eigenvalue weighted by atomic mass is 16.6. The Balaban J connectivity index is 4.56. The summed E-state index contributed by atoms with van der Waals surface area (Å²) in [5, 5.41) is 12.9. The molecule has 0 aliphatic carbocycles. The molecule has 124 valence electrons. The predicted octanol–water partition coefficient (Wildman–Crippen LogP) is 2.88. The summed E-state index contributed by atoms with van der Waals surface area (Å²) in [6, 6.07) is -0.523. The van der Waals surface area contributed by atoms with Gasteiger partial charge in [-0.3, -0.25) is 0 Å². The first-order chi connectivity index (χ1) is 9.71. The zero-order chi connectivity index (χ0) is 16.5. The minimum atomic E-state index is -0.767. The van der Waals surface area contributed by atoms with Gasteiger partial charge < -0.3 is 19.9 Å². The van der Waals surface area contributed by atoms with Gasteiger partial charge in [-0.2, -0.15) is 0 Å². The molecule has 0 fully saturated rings. The van der Waals surface area contributed by atoms with Crippen LogP contribution < -0.4 is 5.32 Å². The number of hydrogen-bond acceptors (Lipinski definition) is 4. The monoisotopic (exact) mass is 301 g/mol. The van der Waals surface area contributed by atoms with Gasteiger partial charge in [0, 0.05) is 12.5 Å². The molecule has 0 radical (unpaired) electrons. The normalized spacial score (nSPS) is 15.9. The fraction of sp³-hybridized carbons (Fsp3) is 0.812. The average molecular weight is 301 g/mol. The Bertz CT molecular complexity index is 312. The lowest BCUT2D eigenvalue weighted by molar-refractivity contribution is 0.0135. The minimum Gasteiger partial charge on any atom is -0.444 e. The van der Waals surface area contributed by atoms with E-state index in [2.05, 4.69) is 18.8 Å². The lowest BCUT2D eigenvalue weighted by Crippen LogP contribution is -2.50. The number of hydrogen-bond donors (Lipinski definition) is 2. The Morgan fingerprint density at radius 1 is 1.43 bits per heavy atom. The Morgan fingerprint density at radius 2 is 2.05 bits per heavy atom. The molecule has 0 aliphatic rings. The molecule has 1 amide bonds. The Hall–Kier alpha value is -1.07. The predicted molar refractivity (Wildman–Crippen MR) is 84.3 cm³/mol. The van der Waals surface area contributed by atoms with Crippen LogP contribution >= 0.6 is 0 Å². The van der Waals surface area contributed by atoms with Crippen LogP contribution in [0.15, 0.2) is 12.7 Å². The van der Waals surface area contributed by atoms with Gasteiger partial charge in [0.1, 0.15) is 5.60 Å². The quantitative estimate of drug-likeness (QED) is 0.507. The SMILES string of the molecule is C=CC(C)C(O)[C@@H](COCCCC)NC(=O)OC(C)(C)C. The van der Waals surface area contributed by atoms with E-state index in [1.165, 1.54) is 0 Å². The van der Waals surface area contributed by atoms with Crippen molar-refractivity contribution in [1.82, 2.24) is 5.32 Å². The third kappa shape index (κ3) is 9.47. The summed E-state index contributed by atoms with van der Waals surface area (Å²) in [6.45, 7) is 13.8. The van der Waals surface area contributed by atoms with Gasteiger partial charge in [-0.05, 0) is 27.2 Å².